The lowest BCUT2D eigenvalue weighted by Crippen LogP contribution is -2.22. The van der Waals surface area contributed by atoms with E-state index in [0.717, 1.165) is 32.1 Å². The molecule has 0 heterocycles. The average Bonchev–Trinajstić information content (AvgIpc) is 2.50. The summed E-state index contributed by atoms with van der Waals surface area (Å²) >= 11 is 0. The van der Waals surface area contributed by atoms with Gasteiger partial charge in [-0.25, -0.2) is 9.59 Å². The Balaban J connectivity index is 2.87. The number of aliphatic carboxylic acids is 2. The van der Waals surface area contributed by atoms with Crippen molar-refractivity contribution in [1.82, 2.24) is 0 Å². The lowest BCUT2D eigenvalue weighted by Gasteiger charge is -2.20. The predicted molar refractivity (Wildman–Crippen MR) is 79.6 cm³/mol. The maximum Gasteiger partial charge on any atom is 0.332 e. The molecule has 1 aliphatic rings. The lowest BCUT2D eigenvalue weighted by atomic mass is 9.83. The number of Topliss-reactive ketones (excluding diaryl/α,β-unsaturated/α-hetero) is 1. The van der Waals surface area contributed by atoms with E-state index >= 15 is 0 Å². The van der Waals surface area contributed by atoms with E-state index in [1.807, 2.05) is 0 Å². The highest BCUT2D eigenvalue weighted by Gasteiger charge is 2.27. The molecule has 1 rings (SSSR count). The number of carboxylic acids is 2. The minimum absolute atomic E-state index is 0.0112. The van der Waals surface area contributed by atoms with Crippen molar-refractivity contribution in [3.05, 3.63) is 11.1 Å². The first-order valence-corrected chi connectivity index (χ1v) is 7.76. The van der Waals surface area contributed by atoms with E-state index < -0.39 is 11.9 Å². The van der Waals surface area contributed by atoms with Crippen molar-refractivity contribution in [3.63, 3.8) is 0 Å². The Hall–Kier alpha value is -1.69. The Morgan fingerprint density at radius 3 is 2.09 bits per heavy atom. The minimum Gasteiger partial charge on any atom is -0.478 e. The fraction of sp³-hybridized carbons (Fsp3) is 0.688. The summed E-state index contributed by atoms with van der Waals surface area (Å²) in [4.78, 5) is 34.9. The molecular formula is C16H24O6. The largest absolute Gasteiger partial charge is 0.478 e. The molecule has 2 N–H and O–H groups in total. The Morgan fingerprint density at radius 2 is 1.59 bits per heavy atom. The summed E-state index contributed by atoms with van der Waals surface area (Å²) < 4.78 is 5.09. The van der Waals surface area contributed by atoms with E-state index in [0.29, 0.717) is 6.61 Å². The molecule has 6 heteroatoms. The third kappa shape index (κ3) is 5.60. The highest BCUT2D eigenvalue weighted by Crippen LogP contribution is 2.27. The summed E-state index contributed by atoms with van der Waals surface area (Å²) in [7, 11) is 0. The van der Waals surface area contributed by atoms with Gasteiger partial charge in [0.05, 0.1) is 17.8 Å². The molecule has 0 bridgehead atoms. The van der Waals surface area contributed by atoms with Gasteiger partial charge in [-0.15, -0.1) is 0 Å². The molecule has 22 heavy (non-hydrogen) atoms. The summed E-state index contributed by atoms with van der Waals surface area (Å²) in [5.41, 5.74) is -0.534. The number of ketones is 1. The van der Waals surface area contributed by atoms with E-state index in [9.17, 15) is 24.6 Å². The van der Waals surface area contributed by atoms with Crippen molar-refractivity contribution in [3.8, 4) is 0 Å². The third-order valence-corrected chi connectivity index (χ3v) is 3.99. The zero-order valence-corrected chi connectivity index (χ0v) is 13.0. The maximum atomic E-state index is 12.2. The van der Waals surface area contributed by atoms with Gasteiger partial charge in [0.1, 0.15) is 5.78 Å². The second kappa shape index (κ2) is 9.35. The highest BCUT2D eigenvalue weighted by molar-refractivity contribution is 6.03. The summed E-state index contributed by atoms with van der Waals surface area (Å²) in [5.74, 6) is -2.93. The molecule has 0 spiro atoms. The SMILES string of the molecule is CCOCCC(C(=O)O)=C(CC(=O)C1CCCCC1)C(=O)O. The Bertz CT molecular complexity index is 446. The normalized spacial score (nSPS) is 17.0. The molecule has 0 aromatic carbocycles. The number of carboxylic acid groups (broad SMARTS) is 2. The van der Waals surface area contributed by atoms with Crippen LogP contribution in [0.5, 0.6) is 0 Å². The quantitative estimate of drug-likeness (QED) is 0.501. The van der Waals surface area contributed by atoms with Crippen LogP contribution in [0.4, 0.5) is 0 Å². The van der Waals surface area contributed by atoms with Crippen molar-refractivity contribution in [1.29, 1.82) is 0 Å². The molecule has 0 unspecified atom stereocenters. The fourth-order valence-corrected chi connectivity index (χ4v) is 2.76. The highest BCUT2D eigenvalue weighted by atomic mass is 16.5. The molecular weight excluding hydrogens is 288 g/mol. The van der Waals surface area contributed by atoms with Crippen LogP contribution in [-0.4, -0.2) is 41.1 Å². The van der Waals surface area contributed by atoms with Gasteiger partial charge in [-0.05, 0) is 19.8 Å². The van der Waals surface area contributed by atoms with Gasteiger partial charge < -0.3 is 14.9 Å². The molecule has 0 aromatic heterocycles. The van der Waals surface area contributed by atoms with Crippen molar-refractivity contribution in [2.75, 3.05) is 13.2 Å². The van der Waals surface area contributed by atoms with E-state index in [1.165, 1.54) is 0 Å². The van der Waals surface area contributed by atoms with Gasteiger partial charge in [0.2, 0.25) is 0 Å². The first-order valence-electron chi connectivity index (χ1n) is 7.76. The zero-order valence-electron chi connectivity index (χ0n) is 13.0. The van der Waals surface area contributed by atoms with Crippen LogP contribution in [0.25, 0.3) is 0 Å². The maximum absolute atomic E-state index is 12.2. The Kier molecular flexibility index (Phi) is 7.80. The Labute approximate surface area is 130 Å². The van der Waals surface area contributed by atoms with Gasteiger partial charge in [-0.1, -0.05) is 19.3 Å². The molecule has 124 valence electrons. The van der Waals surface area contributed by atoms with E-state index in [2.05, 4.69) is 0 Å². The third-order valence-electron chi connectivity index (χ3n) is 3.99. The van der Waals surface area contributed by atoms with Crippen LogP contribution in [0.15, 0.2) is 11.1 Å². The van der Waals surface area contributed by atoms with Crippen LogP contribution < -0.4 is 0 Å². The molecule has 0 radical (unpaired) electrons. The van der Waals surface area contributed by atoms with E-state index in [4.69, 9.17) is 4.74 Å². The standard InChI is InChI=1S/C16H24O6/c1-2-22-9-8-12(15(18)19)13(16(20)21)10-14(17)11-6-4-3-5-7-11/h11H,2-10H2,1H3,(H,18,19)(H,20,21). The number of ether oxygens (including phenoxy) is 1. The number of hydrogen-bond acceptors (Lipinski definition) is 4. The topological polar surface area (TPSA) is 101 Å². The molecule has 6 nitrogen and oxygen atoms in total. The summed E-state index contributed by atoms with van der Waals surface area (Å²) in [6.07, 6.45) is 4.26. The smallest absolute Gasteiger partial charge is 0.332 e. The first-order chi connectivity index (χ1) is 10.5. The van der Waals surface area contributed by atoms with E-state index in [-0.39, 0.29) is 42.3 Å². The second-order valence-electron chi connectivity index (χ2n) is 5.49. The predicted octanol–water partition coefficient (Wildman–Crippen LogP) is 2.42. The number of rotatable bonds is 9. The first kappa shape index (κ1) is 18.4. The van der Waals surface area contributed by atoms with Gasteiger partial charge in [0.15, 0.2) is 0 Å². The summed E-state index contributed by atoms with van der Waals surface area (Å²) in [6.45, 7) is 2.33. The summed E-state index contributed by atoms with van der Waals surface area (Å²) in [6, 6.07) is 0. The van der Waals surface area contributed by atoms with Crippen LogP contribution >= 0.6 is 0 Å². The van der Waals surface area contributed by atoms with Crippen molar-refractivity contribution >= 4 is 17.7 Å². The van der Waals surface area contributed by atoms with Crippen LogP contribution in [0, 0.1) is 5.92 Å². The van der Waals surface area contributed by atoms with Gasteiger partial charge >= 0.3 is 11.9 Å². The van der Waals surface area contributed by atoms with Gasteiger partial charge in [-0.2, -0.15) is 0 Å². The molecule has 1 saturated carbocycles. The number of carbonyl (C=O) groups excluding carboxylic acids is 1. The molecule has 0 aliphatic heterocycles. The number of carbonyl (C=O) groups is 3. The van der Waals surface area contributed by atoms with Gasteiger partial charge in [0, 0.05) is 25.4 Å². The monoisotopic (exact) mass is 312 g/mol. The average molecular weight is 312 g/mol. The van der Waals surface area contributed by atoms with Crippen molar-refractivity contribution < 1.29 is 29.3 Å². The molecule has 0 amide bonds. The molecule has 1 fully saturated rings. The molecule has 0 saturated heterocycles. The lowest BCUT2D eigenvalue weighted by molar-refractivity contribution is -0.137. The zero-order chi connectivity index (χ0) is 16.5. The van der Waals surface area contributed by atoms with Crippen LogP contribution in [0.2, 0.25) is 0 Å². The fourth-order valence-electron chi connectivity index (χ4n) is 2.76. The van der Waals surface area contributed by atoms with Crippen LogP contribution in [0.3, 0.4) is 0 Å². The summed E-state index contributed by atoms with van der Waals surface area (Å²) in [5, 5.41) is 18.5. The van der Waals surface area contributed by atoms with E-state index in [1.54, 1.807) is 6.92 Å². The van der Waals surface area contributed by atoms with Gasteiger partial charge in [-0.3, -0.25) is 4.79 Å². The Morgan fingerprint density at radius 1 is 1.00 bits per heavy atom. The van der Waals surface area contributed by atoms with Crippen LogP contribution in [-0.2, 0) is 19.1 Å². The number of hydrogen-bond donors (Lipinski definition) is 2. The van der Waals surface area contributed by atoms with Crippen LogP contribution in [0.1, 0.15) is 51.9 Å². The molecule has 0 atom stereocenters. The van der Waals surface area contributed by atoms with Crippen molar-refractivity contribution in [2.24, 2.45) is 5.92 Å². The molecule has 0 aromatic rings. The van der Waals surface area contributed by atoms with Gasteiger partial charge in [0.25, 0.3) is 0 Å². The van der Waals surface area contributed by atoms with Crippen molar-refractivity contribution in [2.45, 2.75) is 51.9 Å². The minimum atomic E-state index is -1.34. The second-order valence-corrected chi connectivity index (χ2v) is 5.49. The molecule has 1 aliphatic carbocycles.